The second-order valence-corrected chi connectivity index (χ2v) is 7.84. The zero-order valence-corrected chi connectivity index (χ0v) is 13.5. The maximum Gasteiger partial charge on any atom is 0.206 e. The molecule has 0 saturated heterocycles. The summed E-state index contributed by atoms with van der Waals surface area (Å²) < 4.78 is 31.7. The van der Waals surface area contributed by atoms with Crippen molar-refractivity contribution >= 4 is 31.5 Å². The molecule has 0 radical (unpaired) electrons. The minimum Gasteiger partial charge on any atom is -0.488 e. The molecular weight excluding hydrogens is 354 g/mol. The molecule has 3 rings (SSSR count). The lowest BCUT2D eigenvalue weighted by Crippen LogP contribution is -2.05. The lowest BCUT2D eigenvalue weighted by atomic mass is 10.3. The summed E-state index contributed by atoms with van der Waals surface area (Å²) in [6, 6.07) is 11.1. The maximum atomic E-state index is 12.6. The largest absolute Gasteiger partial charge is 0.488 e. The summed E-state index contributed by atoms with van der Waals surface area (Å²) in [5, 5.41) is 0. The van der Waals surface area contributed by atoms with E-state index < -0.39 is 9.84 Å². The van der Waals surface area contributed by atoms with Crippen LogP contribution in [0.2, 0.25) is 0 Å². The SMILES string of the molecule is Nc1ccc(S(=O)(=O)c2ccc(Br)cc2)cc1OC1CC1. The highest BCUT2D eigenvalue weighted by atomic mass is 79.9. The lowest BCUT2D eigenvalue weighted by molar-refractivity contribution is 0.304. The fourth-order valence-corrected chi connectivity index (χ4v) is 3.44. The Kier molecular flexibility index (Phi) is 3.67. The fraction of sp³-hybridized carbons (Fsp3) is 0.200. The minimum atomic E-state index is -3.57. The second kappa shape index (κ2) is 5.35. The third-order valence-corrected chi connectivity index (χ3v) is 5.53. The van der Waals surface area contributed by atoms with E-state index in [1.54, 1.807) is 30.3 Å². The Morgan fingerprint density at radius 3 is 2.29 bits per heavy atom. The van der Waals surface area contributed by atoms with Crippen LogP contribution in [0.15, 0.2) is 56.7 Å². The molecule has 0 amide bonds. The number of rotatable bonds is 4. The molecule has 1 aliphatic rings. The van der Waals surface area contributed by atoms with Gasteiger partial charge < -0.3 is 10.5 Å². The highest BCUT2D eigenvalue weighted by Gasteiger charge is 2.26. The quantitative estimate of drug-likeness (QED) is 0.840. The first-order valence-electron chi connectivity index (χ1n) is 6.53. The summed E-state index contributed by atoms with van der Waals surface area (Å²) >= 11 is 3.29. The lowest BCUT2D eigenvalue weighted by Gasteiger charge is -2.11. The average molecular weight is 368 g/mol. The first kappa shape index (κ1) is 14.4. The zero-order chi connectivity index (χ0) is 15.0. The van der Waals surface area contributed by atoms with Gasteiger partial charge in [0.1, 0.15) is 5.75 Å². The van der Waals surface area contributed by atoms with Crippen molar-refractivity contribution in [1.82, 2.24) is 0 Å². The molecule has 21 heavy (non-hydrogen) atoms. The van der Waals surface area contributed by atoms with Gasteiger partial charge >= 0.3 is 0 Å². The number of sulfone groups is 1. The van der Waals surface area contributed by atoms with E-state index >= 15 is 0 Å². The molecule has 0 atom stereocenters. The van der Waals surface area contributed by atoms with Crippen molar-refractivity contribution in [3.05, 3.63) is 46.9 Å². The molecule has 0 unspecified atom stereocenters. The fourth-order valence-electron chi connectivity index (χ4n) is 1.90. The van der Waals surface area contributed by atoms with E-state index in [1.165, 1.54) is 12.1 Å². The van der Waals surface area contributed by atoms with Crippen LogP contribution in [0, 0.1) is 0 Å². The first-order chi connectivity index (χ1) is 9.96. The summed E-state index contributed by atoms with van der Waals surface area (Å²) in [7, 11) is -3.57. The molecule has 4 nitrogen and oxygen atoms in total. The predicted molar refractivity (Wildman–Crippen MR) is 84.1 cm³/mol. The van der Waals surface area contributed by atoms with Gasteiger partial charge in [-0.15, -0.1) is 0 Å². The Balaban J connectivity index is 2.00. The smallest absolute Gasteiger partial charge is 0.206 e. The molecule has 0 heterocycles. The van der Waals surface area contributed by atoms with Gasteiger partial charge in [-0.05, 0) is 49.2 Å². The highest BCUT2D eigenvalue weighted by molar-refractivity contribution is 9.10. The van der Waals surface area contributed by atoms with Crippen LogP contribution in [-0.4, -0.2) is 14.5 Å². The number of hydrogen-bond acceptors (Lipinski definition) is 4. The van der Waals surface area contributed by atoms with E-state index in [0.29, 0.717) is 11.4 Å². The van der Waals surface area contributed by atoms with Crippen LogP contribution in [0.1, 0.15) is 12.8 Å². The zero-order valence-electron chi connectivity index (χ0n) is 11.1. The molecule has 1 aliphatic carbocycles. The minimum absolute atomic E-state index is 0.165. The van der Waals surface area contributed by atoms with E-state index in [2.05, 4.69) is 15.9 Å². The van der Waals surface area contributed by atoms with Crippen LogP contribution in [0.5, 0.6) is 5.75 Å². The van der Waals surface area contributed by atoms with Gasteiger partial charge in [0.05, 0.1) is 21.6 Å². The van der Waals surface area contributed by atoms with E-state index in [1.807, 2.05) is 0 Å². The van der Waals surface area contributed by atoms with E-state index in [4.69, 9.17) is 10.5 Å². The van der Waals surface area contributed by atoms with Gasteiger partial charge in [0.15, 0.2) is 0 Å². The Morgan fingerprint density at radius 2 is 1.67 bits per heavy atom. The topological polar surface area (TPSA) is 69.4 Å². The summed E-state index contributed by atoms with van der Waals surface area (Å²) in [6.07, 6.45) is 2.14. The highest BCUT2D eigenvalue weighted by Crippen LogP contribution is 2.33. The van der Waals surface area contributed by atoms with Crippen LogP contribution in [0.4, 0.5) is 5.69 Å². The molecule has 0 aliphatic heterocycles. The molecule has 6 heteroatoms. The molecule has 110 valence electrons. The van der Waals surface area contributed by atoms with Crippen LogP contribution < -0.4 is 10.5 Å². The van der Waals surface area contributed by atoms with Crippen molar-refractivity contribution in [2.24, 2.45) is 0 Å². The van der Waals surface area contributed by atoms with Crippen LogP contribution >= 0.6 is 15.9 Å². The van der Waals surface area contributed by atoms with Crippen LogP contribution in [-0.2, 0) is 9.84 Å². The maximum absolute atomic E-state index is 12.6. The monoisotopic (exact) mass is 367 g/mol. The van der Waals surface area contributed by atoms with Crippen molar-refractivity contribution in [3.8, 4) is 5.75 Å². The number of anilines is 1. The molecule has 0 bridgehead atoms. The Labute approximate surface area is 132 Å². The van der Waals surface area contributed by atoms with Crippen molar-refractivity contribution in [2.75, 3.05) is 5.73 Å². The molecule has 0 aromatic heterocycles. The van der Waals surface area contributed by atoms with Gasteiger partial charge in [-0.3, -0.25) is 0 Å². The number of hydrogen-bond donors (Lipinski definition) is 1. The van der Waals surface area contributed by atoms with Crippen molar-refractivity contribution in [2.45, 2.75) is 28.7 Å². The van der Waals surface area contributed by atoms with Crippen molar-refractivity contribution in [1.29, 1.82) is 0 Å². The molecule has 2 N–H and O–H groups in total. The Bertz CT molecular complexity index is 768. The first-order valence-corrected chi connectivity index (χ1v) is 8.81. The van der Waals surface area contributed by atoms with Crippen LogP contribution in [0.25, 0.3) is 0 Å². The Hall–Kier alpha value is -1.53. The van der Waals surface area contributed by atoms with Gasteiger partial charge in [0.25, 0.3) is 0 Å². The summed E-state index contributed by atoms with van der Waals surface area (Å²) in [4.78, 5) is 0.433. The molecule has 0 spiro atoms. The number of benzene rings is 2. The van der Waals surface area contributed by atoms with Gasteiger partial charge in [-0.1, -0.05) is 15.9 Å². The summed E-state index contributed by atoms with van der Waals surface area (Å²) in [6.45, 7) is 0. The van der Waals surface area contributed by atoms with Gasteiger partial charge in [0, 0.05) is 10.5 Å². The third-order valence-electron chi connectivity index (χ3n) is 3.24. The normalized spacial score (nSPS) is 14.9. The molecule has 2 aromatic rings. The third kappa shape index (κ3) is 3.06. The van der Waals surface area contributed by atoms with Gasteiger partial charge in [-0.2, -0.15) is 0 Å². The average Bonchev–Trinajstić information content (AvgIpc) is 3.25. The van der Waals surface area contributed by atoms with E-state index in [0.717, 1.165) is 17.3 Å². The summed E-state index contributed by atoms with van der Waals surface area (Å²) in [5.41, 5.74) is 6.30. The van der Waals surface area contributed by atoms with Gasteiger partial charge in [0.2, 0.25) is 9.84 Å². The molecule has 1 fully saturated rings. The standard InChI is InChI=1S/C15H14BrNO3S/c16-10-1-5-12(6-2-10)21(18,19)13-7-8-14(17)15(9-13)20-11-3-4-11/h1-2,5-9,11H,3-4,17H2. The number of nitrogens with two attached hydrogens (primary N) is 1. The molecule has 1 saturated carbocycles. The summed E-state index contributed by atoms with van der Waals surface area (Å²) in [5.74, 6) is 0.440. The van der Waals surface area contributed by atoms with Gasteiger partial charge in [-0.25, -0.2) is 8.42 Å². The second-order valence-electron chi connectivity index (χ2n) is 4.97. The Morgan fingerprint density at radius 1 is 1.05 bits per heavy atom. The van der Waals surface area contributed by atoms with Crippen molar-refractivity contribution < 1.29 is 13.2 Å². The number of nitrogen functional groups attached to an aromatic ring is 1. The number of ether oxygens (including phenoxy) is 1. The van der Waals surface area contributed by atoms with Crippen LogP contribution in [0.3, 0.4) is 0 Å². The molecular formula is C15H14BrNO3S. The predicted octanol–water partition coefficient (Wildman–Crippen LogP) is 3.41. The van der Waals surface area contributed by atoms with E-state index in [9.17, 15) is 8.42 Å². The van der Waals surface area contributed by atoms with E-state index in [-0.39, 0.29) is 15.9 Å². The van der Waals surface area contributed by atoms with Crippen molar-refractivity contribution in [3.63, 3.8) is 0 Å². The number of halogens is 1. The molecule has 2 aromatic carbocycles.